The summed E-state index contributed by atoms with van der Waals surface area (Å²) in [6, 6.07) is 9.43. The van der Waals surface area contributed by atoms with Crippen molar-refractivity contribution >= 4 is 11.4 Å². The van der Waals surface area contributed by atoms with Crippen LogP contribution in [0.25, 0.3) is 5.65 Å². The van der Waals surface area contributed by atoms with Crippen LogP contribution in [0, 0.1) is 5.82 Å². The molecule has 3 aromatic rings. The third kappa shape index (κ3) is 2.59. The standard InChI is InChI=1S/C19H15FN2O3/c1-11-8-14(23)19-15(6-5-13(20)18(11)19)25-10-12-9-17(24)22-7-3-2-4-16(22)21-12/h2-7,9,11H,8,10H2,1H3/t11-/m0/s1. The molecule has 0 N–H and O–H groups in total. The number of hydrogen-bond donors (Lipinski definition) is 0. The van der Waals surface area contributed by atoms with Gasteiger partial charge in [0.05, 0.1) is 11.3 Å². The SMILES string of the molecule is C[C@H]1CC(=O)c2c(OCc3cc(=O)n4ccccc4n3)ccc(F)c21. The number of Topliss-reactive ketones (excluding diaryl/α,β-unsaturated/α-hetero) is 1. The van der Waals surface area contributed by atoms with Crippen molar-refractivity contribution in [3.63, 3.8) is 0 Å². The minimum Gasteiger partial charge on any atom is -0.487 e. The molecule has 2 heterocycles. The molecule has 0 aliphatic heterocycles. The number of halogens is 1. The Bertz CT molecular complexity index is 1060. The molecule has 0 radical (unpaired) electrons. The van der Waals surface area contributed by atoms with Crippen molar-refractivity contribution in [3.8, 4) is 5.75 Å². The lowest BCUT2D eigenvalue weighted by atomic mass is 10.0. The number of carbonyl (C=O) groups is 1. The van der Waals surface area contributed by atoms with Gasteiger partial charge in [-0.2, -0.15) is 0 Å². The quantitative estimate of drug-likeness (QED) is 0.736. The van der Waals surface area contributed by atoms with Gasteiger partial charge in [0, 0.05) is 24.2 Å². The summed E-state index contributed by atoms with van der Waals surface area (Å²) in [6.07, 6.45) is 1.92. The molecule has 1 atom stereocenters. The van der Waals surface area contributed by atoms with Crippen molar-refractivity contribution < 1.29 is 13.9 Å². The van der Waals surface area contributed by atoms with Crippen molar-refractivity contribution in [3.05, 3.63) is 75.6 Å². The van der Waals surface area contributed by atoms with E-state index in [1.54, 1.807) is 24.4 Å². The second kappa shape index (κ2) is 5.81. The highest BCUT2D eigenvalue weighted by atomic mass is 19.1. The van der Waals surface area contributed by atoms with E-state index in [0.29, 0.717) is 28.2 Å². The summed E-state index contributed by atoms with van der Waals surface area (Å²) in [5.41, 5.74) is 1.48. The zero-order chi connectivity index (χ0) is 17.6. The molecule has 2 aromatic heterocycles. The molecule has 126 valence electrons. The molecular weight excluding hydrogens is 323 g/mol. The first kappa shape index (κ1) is 15.5. The maximum atomic E-state index is 14.0. The van der Waals surface area contributed by atoms with E-state index < -0.39 is 0 Å². The van der Waals surface area contributed by atoms with Gasteiger partial charge >= 0.3 is 0 Å². The minimum atomic E-state index is -0.386. The Balaban J connectivity index is 1.67. The van der Waals surface area contributed by atoms with Gasteiger partial charge in [0.1, 0.15) is 23.8 Å². The van der Waals surface area contributed by atoms with E-state index in [4.69, 9.17) is 4.74 Å². The third-order valence-electron chi connectivity index (χ3n) is 4.42. The number of carbonyl (C=O) groups excluding carboxylic acids is 1. The number of pyridine rings is 1. The predicted molar refractivity (Wildman–Crippen MR) is 89.6 cm³/mol. The minimum absolute atomic E-state index is 0.0281. The molecule has 1 aliphatic rings. The number of ether oxygens (including phenoxy) is 1. The van der Waals surface area contributed by atoms with Gasteiger partial charge in [-0.15, -0.1) is 0 Å². The number of fused-ring (bicyclic) bond motifs is 2. The maximum absolute atomic E-state index is 14.0. The number of ketones is 1. The monoisotopic (exact) mass is 338 g/mol. The average molecular weight is 338 g/mol. The van der Waals surface area contributed by atoms with Crippen molar-refractivity contribution in [2.24, 2.45) is 0 Å². The van der Waals surface area contributed by atoms with Crippen LogP contribution in [-0.4, -0.2) is 15.2 Å². The normalized spacial score (nSPS) is 16.2. The van der Waals surface area contributed by atoms with E-state index in [0.717, 1.165) is 0 Å². The van der Waals surface area contributed by atoms with Crippen LogP contribution in [0.5, 0.6) is 5.75 Å². The Morgan fingerprint density at radius 1 is 1.28 bits per heavy atom. The summed E-state index contributed by atoms with van der Waals surface area (Å²) in [6.45, 7) is 1.85. The first-order valence-electron chi connectivity index (χ1n) is 8.00. The second-order valence-corrected chi connectivity index (χ2v) is 6.17. The van der Waals surface area contributed by atoms with E-state index >= 15 is 0 Å². The predicted octanol–water partition coefficient (Wildman–Crippen LogP) is 3.10. The Hall–Kier alpha value is -3.02. The molecule has 6 heteroatoms. The zero-order valence-electron chi connectivity index (χ0n) is 13.5. The fraction of sp³-hybridized carbons (Fsp3) is 0.211. The molecule has 0 unspecified atom stereocenters. The van der Waals surface area contributed by atoms with Gasteiger partial charge < -0.3 is 4.74 Å². The lowest BCUT2D eigenvalue weighted by molar-refractivity contribution is 0.0986. The molecule has 0 spiro atoms. The van der Waals surface area contributed by atoms with Gasteiger partial charge in [0.25, 0.3) is 5.56 Å². The maximum Gasteiger partial charge on any atom is 0.258 e. The van der Waals surface area contributed by atoms with Gasteiger partial charge in [0.15, 0.2) is 5.78 Å². The van der Waals surface area contributed by atoms with E-state index in [9.17, 15) is 14.0 Å². The summed E-state index contributed by atoms with van der Waals surface area (Å²) in [5.74, 6) is -0.332. The molecular formula is C19H15FN2O3. The van der Waals surface area contributed by atoms with Gasteiger partial charge in [0.2, 0.25) is 0 Å². The van der Waals surface area contributed by atoms with Crippen molar-refractivity contribution in [2.45, 2.75) is 25.9 Å². The summed E-state index contributed by atoms with van der Waals surface area (Å²) in [5, 5.41) is 0. The topological polar surface area (TPSA) is 60.7 Å². The number of nitrogens with zero attached hydrogens (tertiary/aromatic N) is 2. The van der Waals surface area contributed by atoms with Crippen LogP contribution in [-0.2, 0) is 6.61 Å². The first-order valence-corrected chi connectivity index (χ1v) is 8.00. The molecule has 0 saturated carbocycles. The summed E-state index contributed by atoms with van der Waals surface area (Å²) < 4.78 is 21.2. The highest BCUT2D eigenvalue weighted by molar-refractivity contribution is 6.03. The summed E-state index contributed by atoms with van der Waals surface area (Å²) in [4.78, 5) is 28.7. The lowest BCUT2D eigenvalue weighted by Gasteiger charge is -2.12. The molecule has 0 fully saturated rings. The molecule has 1 aromatic carbocycles. The van der Waals surface area contributed by atoms with E-state index in [2.05, 4.69) is 4.98 Å². The second-order valence-electron chi connectivity index (χ2n) is 6.17. The Labute approximate surface area is 142 Å². The summed E-state index contributed by atoms with van der Waals surface area (Å²) >= 11 is 0. The summed E-state index contributed by atoms with van der Waals surface area (Å²) in [7, 11) is 0. The van der Waals surface area contributed by atoms with E-state index in [1.807, 2.05) is 6.92 Å². The van der Waals surface area contributed by atoms with Gasteiger partial charge in [-0.25, -0.2) is 9.37 Å². The van der Waals surface area contributed by atoms with E-state index in [-0.39, 0.29) is 36.1 Å². The smallest absolute Gasteiger partial charge is 0.258 e. The fourth-order valence-corrected chi connectivity index (χ4v) is 3.27. The Kier molecular flexibility index (Phi) is 3.60. The van der Waals surface area contributed by atoms with Crippen LogP contribution < -0.4 is 10.3 Å². The fourth-order valence-electron chi connectivity index (χ4n) is 3.27. The van der Waals surface area contributed by atoms with Crippen LogP contribution in [0.3, 0.4) is 0 Å². The molecule has 5 nitrogen and oxygen atoms in total. The van der Waals surface area contributed by atoms with Crippen LogP contribution in [0.4, 0.5) is 4.39 Å². The first-order chi connectivity index (χ1) is 12.0. The van der Waals surface area contributed by atoms with Crippen molar-refractivity contribution in [1.29, 1.82) is 0 Å². The molecule has 0 bridgehead atoms. The van der Waals surface area contributed by atoms with Crippen molar-refractivity contribution in [1.82, 2.24) is 9.38 Å². The van der Waals surface area contributed by atoms with Crippen LogP contribution in [0.2, 0.25) is 0 Å². The van der Waals surface area contributed by atoms with Crippen LogP contribution >= 0.6 is 0 Å². The van der Waals surface area contributed by atoms with Crippen LogP contribution in [0.15, 0.2) is 47.4 Å². The number of hydrogen-bond acceptors (Lipinski definition) is 4. The Morgan fingerprint density at radius 2 is 2.12 bits per heavy atom. The zero-order valence-corrected chi connectivity index (χ0v) is 13.5. The van der Waals surface area contributed by atoms with Crippen LogP contribution in [0.1, 0.15) is 40.9 Å². The Morgan fingerprint density at radius 3 is 2.96 bits per heavy atom. The number of rotatable bonds is 3. The third-order valence-corrected chi connectivity index (χ3v) is 4.42. The molecule has 25 heavy (non-hydrogen) atoms. The molecule has 1 aliphatic carbocycles. The average Bonchev–Trinajstić information content (AvgIpc) is 2.90. The largest absolute Gasteiger partial charge is 0.487 e. The number of aromatic nitrogens is 2. The highest BCUT2D eigenvalue weighted by Gasteiger charge is 2.32. The van der Waals surface area contributed by atoms with Gasteiger partial charge in [-0.3, -0.25) is 14.0 Å². The molecule has 4 rings (SSSR count). The highest BCUT2D eigenvalue weighted by Crippen LogP contribution is 2.39. The molecule has 0 amide bonds. The number of benzene rings is 1. The molecule has 0 saturated heterocycles. The van der Waals surface area contributed by atoms with Crippen molar-refractivity contribution in [2.75, 3.05) is 0 Å². The van der Waals surface area contributed by atoms with E-state index in [1.165, 1.54) is 22.6 Å². The van der Waals surface area contributed by atoms with Gasteiger partial charge in [-0.05, 0) is 30.2 Å². The lowest BCUT2D eigenvalue weighted by Crippen LogP contribution is -2.16. The van der Waals surface area contributed by atoms with Gasteiger partial charge in [-0.1, -0.05) is 13.0 Å².